The van der Waals surface area contributed by atoms with Crippen molar-refractivity contribution in [1.29, 1.82) is 0 Å². The molecule has 2 N–H and O–H groups in total. The van der Waals surface area contributed by atoms with Gasteiger partial charge in [-0.2, -0.15) is 5.10 Å². The van der Waals surface area contributed by atoms with Crippen molar-refractivity contribution in [3.63, 3.8) is 0 Å². The molecule has 3 rings (SSSR count). The first kappa shape index (κ1) is 16.1. The molecule has 0 fully saturated rings. The van der Waals surface area contributed by atoms with Crippen LogP contribution < -0.4 is 5.32 Å². The van der Waals surface area contributed by atoms with Crippen LogP contribution in [0.4, 0.5) is 5.69 Å². The van der Waals surface area contributed by atoms with Crippen LogP contribution in [-0.4, -0.2) is 20.3 Å². The Kier molecular flexibility index (Phi) is 5.18. The molecule has 0 saturated heterocycles. The maximum absolute atomic E-state index is 12.3. The highest BCUT2D eigenvalue weighted by Gasteiger charge is 2.08. The number of amides is 1. The molecule has 6 heteroatoms. The molecule has 0 unspecified atom stereocenters. The van der Waals surface area contributed by atoms with E-state index in [-0.39, 0.29) is 5.91 Å². The molecule has 0 aliphatic carbocycles. The Bertz CT molecular complexity index is 832. The number of rotatable bonds is 6. The highest BCUT2D eigenvalue weighted by atomic mass is 32.2. The van der Waals surface area contributed by atoms with Gasteiger partial charge in [0, 0.05) is 34.2 Å². The van der Waals surface area contributed by atoms with Gasteiger partial charge in [0.25, 0.3) is 5.91 Å². The van der Waals surface area contributed by atoms with Gasteiger partial charge in [0.2, 0.25) is 0 Å². The number of anilines is 1. The van der Waals surface area contributed by atoms with Gasteiger partial charge in [-0.3, -0.25) is 14.1 Å². The maximum Gasteiger partial charge on any atom is 0.273 e. The van der Waals surface area contributed by atoms with E-state index in [1.807, 2.05) is 48.5 Å². The number of benzene rings is 2. The fourth-order valence-electron chi connectivity index (χ4n) is 2.32. The molecular formula is C18H17N3O2S. The van der Waals surface area contributed by atoms with Gasteiger partial charge < -0.3 is 5.32 Å². The Balaban J connectivity index is 1.62. The maximum atomic E-state index is 12.3. The third-order valence-corrected chi connectivity index (χ3v) is 4.74. The largest absolute Gasteiger partial charge is 0.321 e. The van der Waals surface area contributed by atoms with Gasteiger partial charge in [-0.15, -0.1) is 0 Å². The zero-order valence-electron chi connectivity index (χ0n) is 12.9. The molecule has 5 nitrogen and oxygen atoms in total. The van der Waals surface area contributed by atoms with Gasteiger partial charge in [0.05, 0.1) is 0 Å². The minimum Gasteiger partial charge on any atom is -0.321 e. The van der Waals surface area contributed by atoms with Crippen molar-refractivity contribution in [2.45, 2.75) is 11.5 Å². The quantitative estimate of drug-likeness (QED) is 0.724. The van der Waals surface area contributed by atoms with Crippen LogP contribution in [-0.2, 0) is 22.3 Å². The zero-order valence-corrected chi connectivity index (χ0v) is 13.8. The first-order valence-corrected chi connectivity index (χ1v) is 8.98. The fraction of sp³-hybridized carbons (Fsp3) is 0.111. The summed E-state index contributed by atoms with van der Waals surface area (Å²) in [7, 11) is -1.00. The molecule has 0 bridgehead atoms. The monoisotopic (exact) mass is 339 g/mol. The summed E-state index contributed by atoms with van der Waals surface area (Å²) in [5, 5.41) is 9.17. The number of aromatic amines is 1. The minimum atomic E-state index is -1.00. The summed E-state index contributed by atoms with van der Waals surface area (Å²) in [4.78, 5) is 12.0. The van der Waals surface area contributed by atoms with Crippen LogP contribution in [0.15, 0.2) is 66.9 Å². The summed E-state index contributed by atoms with van der Waals surface area (Å²) in [6.45, 7) is 0. The van der Waals surface area contributed by atoms with Crippen LogP contribution in [0.2, 0.25) is 0 Å². The molecule has 1 amide bonds. The molecule has 0 aliphatic heterocycles. The first-order chi connectivity index (χ1) is 11.7. The highest BCUT2D eigenvalue weighted by molar-refractivity contribution is 7.83. The highest BCUT2D eigenvalue weighted by Crippen LogP contribution is 2.15. The third-order valence-electron chi connectivity index (χ3n) is 3.43. The molecule has 0 aliphatic rings. The van der Waals surface area contributed by atoms with Gasteiger partial charge in [0.1, 0.15) is 5.69 Å². The summed E-state index contributed by atoms with van der Waals surface area (Å²) in [6, 6.07) is 18.8. The molecule has 0 saturated carbocycles. The topological polar surface area (TPSA) is 74.8 Å². The molecule has 1 aromatic heterocycles. The van der Waals surface area contributed by atoms with Crippen molar-refractivity contribution < 1.29 is 9.00 Å². The van der Waals surface area contributed by atoms with Gasteiger partial charge >= 0.3 is 0 Å². The van der Waals surface area contributed by atoms with E-state index >= 15 is 0 Å². The van der Waals surface area contributed by atoms with E-state index in [9.17, 15) is 9.00 Å². The van der Waals surface area contributed by atoms with Crippen LogP contribution in [0.25, 0.3) is 0 Å². The summed E-state index contributed by atoms with van der Waals surface area (Å²) in [5.74, 6) is 0.712. The molecule has 1 heterocycles. The summed E-state index contributed by atoms with van der Waals surface area (Å²) in [5.41, 5.74) is 3.04. The number of aromatic nitrogens is 2. The van der Waals surface area contributed by atoms with Crippen molar-refractivity contribution >= 4 is 22.4 Å². The van der Waals surface area contributed by atoms with Crippen molar-refractivity contribution in [3.05, 3.63) is 83.7 Å². The number of hydrogen-bond donors (Lipinski definition) is 2. The number of hydrogen-bond acceptors (Lipinski definition) is 3. The van der Waals surface area contributed by atoms with Crippen molar-refractivity contribution in [3.8, 4) is 0 Å². The van der Waals surface area contributed by atoms with Crippen LogP contribution in [0.5, 0.6) is 0 Å². The van der Waals surface area contributed by atoms with Gasteiger partial charge in [-0.1, -0.05) is 42.5 Å². The lowest BCUT2D eigenvalue weighted by molar-refractivity contribution is 0.102. The number of nitrogens with one attached hydrogen (secondary N) is 2. The molecule has 1 atom stereocenters. The molecule has 3 aromatic rings. The Morgan fingerprint density at radius 3 is 2.50 bits per heavy atom. The number of carbonyl (C=O) groups excluding carboxylic acids is 1. The fourth-order valence-corrected chi connectivity index (χ4v) is 3.53. The number of H-pyrrole nitrogens is 1. The lowest BCUT2D eigenvalue weighted by Crippen LogP contribution is -2.12. The second kappa shape index (κ2) is 7.70. The smallest absolute Gasteiger partial charge is 0.273 e. The van der Waals surface area contributed by atoms with E-state index in [2.05, 4.69) is 15.5 Å². The molecule has 24 heavy (non-hydrogen) atoms. The van der Waals surface area contributed by atoms with Crippen LogP contribution in [0.1, 0.15) is 21.6 Å². The second-order valence-electron chi connectivity index (χ2n) is 5.34. The Morgan fingerprint density at radius 1 is 1.00 bits per heavy atom. The average Bonchev–Trinajstić information content (AvgIpc) is 3.10. The third kappa shape index (κ3) is 4.39. The summed E-state index contributed by atoms with van der Waals surface area (Å²) >= 11 is 0. The van der Waals surface area contributed by atoms with E-state index in [1.165, 1.54) is 6.20 Å². The van der Waals surface area contributed by atoms with E-state index in [0.29, 0.717) is 22.9 Å². The van der Waals surface area contributed by atoms with Gasteiger partial charge in [-0.05, 0) is 29.3 Å². The van der Waals surface area contributed by atoms with E-state index in [0.717, 1.165) is 11.1 Å². The standard InChI is InChI=1S/C18H17N3O2S/c22-18(17-9-10-19-21-17)20-16-8-4-7-15(11-16)13-24(23)12-14-5-2-1-3-6-14/h1-11H,12-13H2,(H,19,21)(H,20,22)/t24-/m0/s1. The number of carbonyl (C=O) groups is 1. The van der Waals surface area contributed by atoms with Gasteiger partial charge in [-0.25, -0.2) is 0 Å². The first-order valence-electron chi connectivity index (χ1n) is 7.49. The van der Waals surface area contributed by atoms with Crippen LogP contribution in [0, 0.1) is 0 Å². The predicted octanol–water partition coefficient (Wildman–Crippen LogP) is 3.11. The van der Waals surface area contributed by atoms with Crippen LogP contribution >= 0.6 is 0 Å². The SMILES string of the molecule is O=C(Nc1cccc(C[S@@](=O)Cc2ccccc2)c1)c1ccn[nH]1. The van der Waals surface area contributed by atoms with Crippen molar-refractivity contribution in [2.75, 3.05) is 5.32 Å². The van der Waals surface area contributed by atoms with E-state index < -0.39 is 10.8 Å². The average molecular weight is 339 g/mol. The normalized spacial score (nSPS) is 11.8. The Labute approximate surface area is 142 Å². The zero-order chi connectivity index (χ0) is 16.8. The van der Waals surface area contributed by atoms with E-state index in [1.54, 1.807) is 12.1 Å². The predicted molar refractivity (Wildman–Crippen MR) is 95.0 cm³/mol. The lowest BCUT2D eigenvalue weighted by Gasteiger charge is -2.07. The Morgan fingerprint density at radius 2 is 1.75 bits per heavy atom. The van der Waals surface area contributed by atoms with E-state index in [4.69, 9.17) is 0 Å². The van der Waals surface area contributed by atoms with Gasteiger partial charge in [0.15, 0.2) is 0 Å². The van der Waals surface area contributed by atoms with Crippen LogP contribution in [0.3, 0.4) is 0 Å². The molecule has 0 spiro atoms. The molecular weight excluding hydrogens is 322 g/mol. The number of nitrogens with zero attached hydrogens (tertiary/aromatic N) is 1. The summed E-state index contributed by atoms with van der Waals surface area (Å²) in [6.07, 6.45) is 1.53. The van der Waals surface area contributed by atoms with Crippen molar-refractivity contribution in [2.24, 2.45) is 0 Å². The molecule has 2 aromatic carbocycles. The Hall–Kier alpha value is -2.73. The lowest BCUT2D eigenvalue weighted by atomic mass is 10.2. The molecule has 0 radical (unpaired) electrons. The second-order valence-corrected chi connectivity index (χ2v) is 6.80. The molecule has 122 valence electrons. The summed E-state index contributed by atoms with van der Waals surface area (Å²) < 4.78 is 12.3. The van der Waals surface area contributed by atoms with Crippen molar-refractivity contribution in [1.82, 2.24) is 10.2 Å². The minimum absolute atomic E-state index is 0.255.